The molecule has 0 radical (unpaired) electrons. The molecular formula is C24H27N3O4. The minimum atomic E-state index is -0.267. The summed E-state index contributed by atoms with van der Waals surface area (Å²) in [7, 11) is 4.65. The van der Waals surface area contributed by atoms with Crippen molar-refractivity contribution in [2.75, 3.05) is 26.6 Å². The second kappa shape index (κ2) is 10.3. The molecule has 0 bridgehead atoms. The average molecular weight is 421 g/mol. The molecule has 1 heterocycles. The predicted octanol–water partition coefficient (Wildman–Crippen LogP) is 4.17. The van der Waals surface area contributed by atoms with Crippen molar-refractivity contribution in [3.8, 4) is 17.2 Å². The highest BCUT2D eigenvalue weighted by atomic mass is 16.5. The van der Waals surface area contributed by atoms with Crippen LogP contribution in [0.1, 0.15) is 23.6 Å². The number of ether oxygens (including phenoxy) is 3. The molecule has 0 aliphatic carbocycles. The Morgan fingerprint density at radius 1 is 1.00 bits per heavy atom. The Bertz CT molecular complexity index is 1030. The monoisotopic (exact) mass is 421 g/mol. The maximum atomic E-state index is 12.5. The van der Waals surface area contributed by atoms with Crippen molar-refractivity contribution < 1.29 is 19.0 Å². The van der Waals surface area contributed by atoms with Crippen molar-refractivity contribution in [3.05, 3.63) is 71.4 Å². The zero-order valence-corrected chi connectivity index (χ0v) is 18.2. The first-order chi connectivity index (χ1) is 15.1. The molecule has 7 heteroatoms. The summed E-state index contributed by atoms with van der Waals surface area (Å²) in [6.45, 7) is 2.70. The molecule has 0 aliphatic rings. The number of aromatic nitrogens is 2. The molecule has 0 unspecified atom stereocenters. The lowest BCUT2D eigenvalue weighted by molar-refractivity contribution is -0.111. The Kier molecular flexibility index (Phi) is 7.32. The van der Waals surface area contributed by atoms with E-state index in [9.17, 15) is 4.79 Å². The number of benzene rings is 2. The zero-order chi connectivity index (χ0) is 22.2. The van der Waals surface area contributed by atoms with E-state index in [2.05, 4.69) is 41.6 Å². The Hall–Kier alpha value is -3.74. The summed E-state index contributed by atoms with van der Waals surface area (Å²) in [5.74, 6) is 1.90. The fraction of sp³-hybridized carbons (Fsp3) is 0.250. The van der Waals surface area contributed by atoms with Crippen LogP contribution < -0.4 is 19.5 Å². The third-order valence-electron chi connectivity index (χ3n) is 4.85. The van der Waals surface area contributed by atoms with Gasteiger partial charge in [0.15, 0.2) is 11.5 Å². The van der Waals surface area contributed by atoms with Gasteiger partial charge in [0.1, 0.15) is 5.82 Å². The molecule has 0 saturated heterocycles. The fourth-order valence-electron chi connectivity index (χ4n) is 3.16. The van der Waals surface area contributed by atoms with Crippen LogP contribution in [0, 0.1) is 0 Å². The van der Waals surface area contributed by atoms with Crippen LogP contribution in [-0.2, 0) is 17.8 Å². The highest BCUT2D eigenvalue weighted by molar-refractivity contribution is 6.01. The molecule has 162 valence electrons. The molecule has 1 N–H and O–H groups in total. The van der Waals surface area contributed by atoms with Gasteiger partial charge in [-0.15, -0.1) is 0 Å². The van der Waals surface area contributed by atoms with Gasteiger partial charge < -0.3 is 19.5 Å². The van der Waals surface area contributed by atoms with Gasteiger partial charge >= 0.3 is 0 Å². The molecule has 0 aliphatic heterocycles. The molecule has 1 amide bonds. The minimum absolute atomic E-state index is 0.267. The molecule has 7 nitrogen and oxygen atoms in total. The molecule has 0 spiro atoms. The Morgan fingerprint density at radius 3 is 2.23 bits per heavy atom. The number of hydrogen-bond acceptors (Lipinski definition) is 5. The van der Waals surface area contributed by atoms with Crippen molar-refractivity contribution in [2.24, 2.45) is 0 Å². The van der Waals surface area contributed by atoms with Crippen LogP contribution in [0.15, 0.2) is 54.7 Å². The van der Waals surface area contributed by atoms with Crippen molar-refractivity contribution in [1.82, 2.24) is 9.78 Å². The summed E-state index contributed by atoms with van der Waals surface area (Å²) in [4.78, 5) is 12.5. The SMILES string of the molecule is CCc1ccc(Cn2nccc2NC(=O)/C=C/c2cc(OC)c(OC)c(OC)c2)cc1. The van der Waals surface area contributed by atoms with Crippen molar-refractivity contribution in [2.45, 2.75) is 19.9 Å². The summed E-state index contributed by atoms with van der Waals surface area (Å²) < 4.78 is 17.8. The molecule has 0 fully saturated rings. The zero-order valence-electron chi connectivity index (χ0n) is 18.2. The van der Waals surface area contributed by atoms with Crippen LogP contribution in [0.4, 0.5) is 5.82 Å². The lowest BCUT2D eigenvalue weighted by atomic mass is 10.1. The van der Waals surface area contributed by atoms with E-state index >= 15 is 0 Å². The molecule has 2 aromatic carbocycles. The lowest BCUT2D eigenvalue weighted by Crippen LogP contribution is -2.13. The number of rotatable bonds is 9. The number of aryl methyl sites for hydroxylation is 1. The number of nitrogens with zero attached hydrogens (tertiary/aromatic N) is 2. The van der Waals surface area contributed by atoms with Gasteiger partial charge in [0.25, 0.3) is 0 Å². The summed E-state index contributed by atoms with van der Waals surface area (Å²) in [5, 5.41) is 7.19. The molecular weight excluding hydrogens is 394 g/mol. The van der Waals surface area contributed by atoms with E-state index in [1.165, 1.54) is 11.6 Å². The summed E-state index contributed by atoms with van der Waals surface area (Å²) in [6.07, 6.45) is 5.80. The topological polar surface area (TPSA) is 74.6 Å². The lowest BCUT2D eigenvalue weighted by Gasteiger charge is -2.12. The van der Waals surface area contributed by atoms with Crippen molar-refractivity contribution in [3.63, 3.8) is 0 Å². The van der Waals surface area contributed by atoms with Gasteiger partial charge in [-0.2, -0.15) is 5.10 Å². The predicted molar refractivity (Wildman–Crippen MR) is 121 cm³/mol. The van der Waals surface area contributed by atoms with Gasteiger partial charge in [-0.3, -0.25) is 4.79 Å². The second-order valence-corrected chi connectivity index (χ2v) is 6.83. The van der Waals surface area contributed by atoms with Gasteiger partial charge in [0.05, 0.1) is 34.1 Å². The highest BCUT2D eigenvalue weighted by Gasteiger charge is 2.12. The smallest absolute Gasteiger partial charge is 0.249 e. The maximum absolute atomic E-state index is 12.5. The molecule has 31 heavy (non-hydrogen) atoms. The number of hydrogen-bond donors (Lipinski definition) is 1. The van der Waals surface area contributed by atoms with E-state index in [1.54, 1.807) is 56.5 Å². The van der Waals surface area contributed by atoms with E-state index in [-0.39, 0.29) is 5.91 Å². The normalized spacial score (nSPS) is 10.8. The van der Waals surface area contributed by atoms with Crippen LogP contribution >= 0.6 is 0 Å². The average Bonchev–Trinajstić information content (AvgIpc) is 3.23. The van der Waals surface area contributed by atoms with Crippen LogP contribution in [0.2, 0.25) is 0 Å². The summed E-state index contributed by atoms with van der Waals surface area (Å²) >= 11 is 0. The third kappa shape index (κ3) is 5.45. The van der Waals surface area contributed by atoms with Crippen LogP contribution in [0.3, 0.4) is 0 Å². The molecule has 3 rings (SSSR count). The van der Waals surface area contributed by atoms with Gasteiger partial charge in [0, 0.05) is 12.1 Å². The van der Waals surface area contributed by atoms with E-state index < -0.39 is 0 Å². The van der Waals surface area contributed by atoms with E-state index in [0.717, 1.165) is 17.5 Å². The highest BCUT2D eigenvalue weighted by Crippen LogP contribution is 2.38. The number of amides is 1. The van der Waals surface area contributed by atoms with Crippen LogP contribution in [0.5, 0.6) is 17.2 Å². The number of nitrogens with one attached hydrogen (secondary N) is 1. The fourth-order valence-corrected chi connectivity index (χ4v) is 3.16. The van der Waals surface area contributed by atoms with E-state index in [0.29, 0.717) is 29.6 Å². The van der Waals surface area contributed by atoms with Crippen molar-refractivity contribution >= 4 is 17.8 Å². The third-order valence-corrected chi connectivity index (χ3v) is 4.85. The van der Waals surface area contributed by atoms with Crippen LogP contribution in [0.25, 0.3) is 6.08 Å². The maximum Gasteiger partial charge on any atom is 0.249 e. The standard InChI is InChI=1S/C24H27N3O4/c1-5-17-6-8-18(9-7-17)16-27-22(12-13-25-27)26-23(28)11-10-19-14-20(29-2)24(31-4)21(15-19)30-3/h6-15H,5,16H2,1-4H3,(H,26,28)/b11-10+. The van der Waals surface area contributed by atoms with Gasteiger partial charge in [-0.05, 0) is 41.3 Å². The summed E-state index contributed by atoms with van der Waals surface area (Å²) in [6, 6.07) is 13.7. The first kappa shape index (κ1) is 22.0. The first-order valence-electron chi connectivity index (χ1n) is 9.96. The molecule has 0 saturated carbocycles. The Labute approximate surface area is 182 Å². The number of anilines is 1. The first-order valence-corrected chi connectivity index (χ1v) is 9.96. The molecule has 0 atom stereocenters. The molecule has 1 aromatic heterocycles. The number of carbonyl (C=O) groups is 1. The Morgan fingerprint density at radius 2 is 1.65 bits per heavy atom. The minimum Gasteiger partial charge on any atom is -0.493 e. The quantitative estimate of drug-likeness (QED) is 0.525. The van der Waals surface area contributed by atoms with Gasteiger partial charge in [-0.1, -0.05) is 31.2 Å². The largest absolute Gasteiger partial charge is 0.493 e. The van der Waals surface area contributed by atoms with Crippen molar-refractivity contribution in [1.29, 1.82) is 0 Å². The van der Waals surface area contributed by atoms with Crippen LogP contribution in [-0.4, -0.2) is 37.0 Å². The molecule has 3 aromatic rings. The number of methoxy groups -OCH3 is 3. The summed E-state index contributed by atoms with van der Waals surface area (Å²) in [5.41, 5.74) is 3.15. The van der Waals surface area contributed by atoms with E-state index in [4.69, 9.17) is 14.2 Å². The van der Waals surface area contributed by atoms with Gasteiger partial charge in [0.2, 0.25) is 11.7 Å². The number of carbonyl (C=O) groups excluding carboxylic acids is 1. The van der Waals surface area contributed by atoms with E-state index in [1.807, 2.05) is 0 Å². The Balaban J connectivity index is 1.70. The second-order valence-electron chi connectivity index (χ2n) is 6.83. The van der Waals surface area contributed by atoms with Gasteiger partial charge in [-0.25, -0.2) is 4.68 Å².